The van der Waals surface area contributed by atoms with Crippen LogP contribution in [0, 0.1) is 20.2 Å². The van der Waals surface area contributed by atoms with E-state index in [0.29, 0.717) is 0 Å². The minimum absolute atomic E-state index is 0. The lowest BCUT2D eigenvalue weighted by molar-refractivity contribution is -0.947. The second-order valence-electron chi connectivity index (χ2n) is 9.96. The Morgan fingerprint density at radius 3 is 1.20 bits per heavy atom. The number of hydrogen-bond donors (Lipinski definition) is 0. The Bertz CT molecular complexity index is 894. The van der Waals surface area contributed by atoms with Crippen LogP contribution >= 0.6 is 24.8 Å². The molecular weight excluding hydrogens is 491 g/mol. The third-order valence-electron chi connectivity index (χ3n) is 7.63. The van der Waals surface area contributed by atoms with Gasteiger partial charge in [0.15, 0.2) is 0 Å². The molecule has 0 N–H and O–H groups in total. The highest BCUT2D eigenvalue weighted by atomic mass is 35.5. The molecule has 0 unspecified atom stereocenters. The van der Waals surface area contributed by atoms with Crippen LogP contribution < -0.4 is 0 Å². The smallest absolute Gasteiger partial charge is 0.269 e. The van der Waals surface area contributed by atoms with Crippen LogP contribution in [0.25, 0.3) is 0 Å². The van der Waals surface area contributed by atoms with Gasteiger partial charge in [-0.25, -0.2) is 0 Å². The van der Waals surface area contributed by atoms with Gasteiger partial charge in [0.2, 0.25) is 0 Å². The summed E-state index contributed by atoms with van der Waals surface area (Å²) in [6, 6.07) is 14.2. The molecule has 4 rings (SSSR count). The molecular formula is C25H36Cl2N4O4+2. The van der Waals surface area contributed by atoms with Crippen molar-refractivity contribution in [1.29, 1.82) is 0 Å². The van der Waals surface area contributed by atoms with Crippen molar-refractivity contribution in [3.63, 3.8) is 0 Å². The number of nitro benzene ring substituents is 2. The maximum atomic E-state index is 11.0. The van der Waals surface area contributed by atoms with E-state index in [0.717, 1.165) is 41.6 Å². The highest BCUT2D eigenvalue weighted by molar-refractivity contribution is 5.85. The Morgan fingerprint density at radius 2 is 0.914 bits per heavy atom. The van der Waals surface area contributed by atoms with Gasteiger partial charge in [0, 0.05) is 67.5 Å². The molecule has 0 radical (unpaired) electrons. The minimum Gasteiger partial charge on any atom is -0.320 e. The number of likely N-dealkylation sites (tertiary alicyclic amines) is 2. The summed E-state index contributed by atoms with van der Waals surface area (Å²) < 4.78 is 2.16. The van der Waals surface area contributed by atoms with Crippen LogP contribution in [0.1, 0.15) is 43.2 Å². The Kier molecular flexibility index (Phi) is 10.5. The molecule has 192 valence electrons. The van der Waals surface area contributed by atoms with Crippen molar-refractivity contribution < 1.29 is 18.8 Å². The molecule has 10 heteroatoms. The van der Waals surface area contributed by atoms with Gasteiger partial charge in [0.05, 0.1) is 49.1 Å². The molecule has 0 aliphatic carbocycles. The molecule has 2 saturated heterocycles. The van der Waals surface area contributed by atoms with Crippen molar-refractivity contribution in [1.82, 2.24) is 0 Å². The third-order valence-corrected chi connectivity index (χ3v) is 7.63. The highest BCUT2D eigenvalue weighted by Crippen LogP contribution is 2.28. The van der Waals surface area contributed by atoms with Crippen LogP contribution in [-0.4, -0.2) is 58.1 Å². The topological polar surface area (TPSA) is 86.3 Å². The highest BCUT2D eigenvalue weighted by Gasteiger charge is 2.36. The second-order valence-corrected chi connectivity index (χ2v) is 9.96. The van der Waals surface area contributed by atoms with Crippen LogP contribution in [0.4, 0.5) is 11.4 Å². The molecule has 0 aromatic heterocycles. The molecule has 0 spiro atoms. The number of nitro groups is 2. The number of halogens is 2. The van der Waals surface area contributed by atoms with Gasteiger partial charge in [0.25, 0.3) is 11.4 Å². The van der Waals surface area contributed by atoms with Gasteiger partial charge < -0.3 is 8.97 Å². The second kappa shape index (κ2) is 12.6. The average Bonchev–Trinajstić information content (AvgIpc) is 3.45. The summed E-state index contributed by atoms with van der Waals surface area (Å²) in [7, 11) is 0. The van der Waals surface area contributed by atoms with E-state index >= 15 is 0 Å². The lowest BCUT2D eigenvalue weighted by Crippen LogP contribution is -2.49. The van der Waals surface area contributed by atoms with Crippen molar-refractivity contribution in [3.8, 4) is 0 Å². The molecule has 2 aliphatic heterocycles. The fraction of sp³-hybridized carbons (Fsp3) is 0.520. The molecule has 35 heavy (non-hydrogen) atoms. The van der Waals surface area contributed by atoms with E-state index in [1.54, 1.807) is 24.3 Å². The first-order valence-corrected chi connectivity index (χ1v) is 12.1. The fourth-order valence-electron chi connectivity index (χ4n) is 5.90. The van der Waals surface area contributed by atoms with Crippen LogP contribution in [0.3, 0.4) is 0 Å². The van der Waals surface area contributed by atoms with Crippen LogP contribution in [0.15, 0.2) is 48.5 Å². The molecule has 2 aromatic rings. The zero-order valence-corrected chi connectivity index (χ0v) is 21.7. The summed E-state index contributed by atoms with van der Waals surface area (Å²) in [5.74, 6) is 0. The predicted octanol–water partition coefficient (Wildman–Crippen LogP) is 5.66. The number of rotatable bonds is 10. The molecule has 8 nitrogen and oxygen atoms in total. The van der Waals surface area contributed by atoms with Crippen molar-refractivity contribution in [2.45, 2.75) is 45.2 Å². The molecule has 2 aliphatic rings. The van der Waals surface area contributed by atoms with Crippen molar-refractivity contribution in [2.24, 2.45) is 0 Å². The van der Waals surface area contributed by atoms with E-state index < -0.39 is 0 Å². The van der Waals surface area contributed by atoms with E-state index in [4.69, 9.17) is 0 Å². The largest absolute Gasteiger partial charge is 0.320 e. The quantitative estimate of drug-likeness (QED) is 0.227. The van der Waals surface area contributed by atoms with Gasteiger partial charge in [-0.05, 0) is 24.3 Å². The molecule has 0 atom stereocenters. The number of benzene rings is 2. The lowest BCUT2D eigenvalue weighted by atomic mass is 10.1. The molecule has 2 fully saturated rings. The van der Waals surface area contributed by atoms with Gasteiger partial charge in [-0.3, -0.25) is 20.2 Å². The Labute approximate surface area is 219 Å². The summed E-state index contributed by atoms with van der Waals surface area (Å²) in [5, 5.41) is 21.9. The van der Waals surface area contributed by atoms with Gasteiger partial charge in [-0.15, -0.1) is 24.8 Å². The van der Waals surface area contributed by atoms with Crippen LogP contribution in [-0.2, 0) is 13.1 Å². The van der Waals surface area contributed by atoms with E-state index in [2.05, 4.69) is 0 Å². The normalized spacial score (nSPS) is 17.8. The Hall–Kier alpha value is -2.26. The summed E-state index contributed by atoms with van der Waals surface area (Å²) in [6.07, 6.45) is 6.14. The van der Waals surface area contributed by atoms with E-state index in [1.807, 2.05) is 24.3 Å². The van der Waals surface area contributed by atoms with Crippen LogP contribution in [0.2, 0.25) is 0 Å². The van der Waals surface area contributed by atoms with E-state index in [-0.39, 0.29) is 46.0 Å². The first-order chi connectivity index (χ1) is 15.9. The standard InChI is InChI=1S/C25H34N4O4.2ClH/c30-26(31)24-10-6-22(7-11-24)20-28(14-1-2-15-28)18-5-19-29(16-3-4-17-29)21-23-8-12-25(13-9-23)27(32)33;;/h6-13H,1-5,14-21H2;2*1H/q+2;;. The predicted molar refractivity (Wildman–Crippen MR) is 141 cm³/mol. The third kappa shape index (κ3) is 7.36. The SMILES string of the molecule is Cl.Cl.O=[N+]([O-])c1ccc(C[N+]2(CCC[N+]3(Cc4ccc([N+](=O)[O-])cc4)CCCC3)CCCC2)cc1. The number of hydrogen-bond acceptors (Lipinski definition) is 4. The zero-order chi connectivity index (χ0) is 23.3. The molecule has 0 bridgehead atoms. The maximum absolute atomic E-state index is 11.0. The number of nitrogens with zero attached hydrogens (tertiary/aromatic N) is 4. The van der Waals surface area contributed by atoms with Crippen molar-refractivity contribution in [2.75, 3.05) is 39.3 Å². The summed E-state index contributed by atoms with van der Waals surface area (Å²) >= 11 is 0. The average molecular weight is 527 g/mol. The minimum atomic E-state index is -0.339. The summed E-state index contributed by atoms with van der Waals surface area (Å²) in [5.41, 5.74) is 2.66. The monoisotopic (exact) mass is 526 g/mol. The maximum Gasteiger partial charge on any atom is 0.269 e. The van der Waals surface area contributed by atoms with Crippen molar-refractivity contribution >= 4 is 36.2 Å². The number of non-ortho nitro benzene ring substituents is 2. The summed E-state index contributed by atoms with van der Waals surface area (Å²) in [6.45, 7) is 8.88. The van der Waals surface area contributed by atoms with Gasteiger partial charge in [-0.1, -0.05) is 0 Å². The Morgan fingerprint density at radius 1 is 0.600 bits per heavy atom. The fourth-order valence-corrected chi connectivity index (χ4v) is 5.90. The molecule has 0 saturated carbocycles. The number of quaternary nitrogens is 2. The first-order valence-electron chi connectivity index (χ1n) is 12.1. The molecule has 0 amide bonds. The first kappa shape index (κ1) is 29.0. The van der Waals surface area contributed by atoms with E-state index in [1.165, 1.54) is 63.0 Å². The van der Waals surface area contributed by atoms with E-state index in [9.17, 15) is 20.2 Å². The Balaban J connectivity index is 0.00000216. The summed E-state index contributed by atoms with van der Waals surface area (Å²) in [4.78, 5) is 21.3. The van der Waals surface area contributed by atoms with Gasteiger partial charge >= 0.3 is 0 Å². The molecule has 2 heterocycles. The van der Waals surface area contributed by atoms with Gasteiger partial charge in [-0.2, -0.15) is 0 Å². The zero-order valence-electron chi connectivity index (χ0n) is 20.0. The molecule has 2 aromatic carbocycles. The van der Waals surface area contributed by atoms with Gasteiger partial charge in [0.1, 0.15) is 13.1 Å². The lowest BCUT2D eigenvalue weighted by Gasteiger charge is -2.38. The van der Waals surface area contributed by atoms with Crippen molar-refractivity contribution in [3.05, 3.63) is 79.9 Å². The van der Waals surface area contributed by atoms with Crippen LogP contribution in [0.5, 0.6) is 0 Å².